The van der Waals surface area contributed by atoms with Gasteiger partial charge in [-0.3, -0.25) is 18.7 Å². The average Bonchev–Trinajstić information content (AvgIpc) is 3.10. The minimum Gasteiger partial charge on any atom is -0.377 e. The highest BCUT2D eigenvalue weighted by Gasteiger charge is 2.51. The number of ketones is 2. The zero-order valence-electron chi connectivity index (χ0n) is 14.9. The Morgan fingerprint density at radius 3 is 1.36 bits per heavy atom. The summed E-state index contributed by atoms with van der Waals surface area (Å²) in [6, 6.07) is -0.591. The lowest BCUT2D eigenvalue weighted by Gasteiger charge is -2.28. The predicted molar refractivity (Wildman–Crippen MR) is 96.2 cm³/mol. The lowest BCUT2D eigenvalue weighted by molar-refractivity contribution is -0.120. The second kappa shape index (κ2) is 6.51. The van der Waals surface area contributed by atoms with Crippen LogP contribution in [0, 0.1) is 11.8 Å². The Kier molecular flexibility index (Phi) is 4.60. The Labute approximate surface area is 162 Å². The maximum atomic E-state index is 12.8. The molecule has 2 aliphatic carbocycles. The SMILES string of the molecule is O=C1/C(=C2/NC3CCC(S(=O)(=O)O)CC3C2=O)NC2CCC(S(=O)(=O)O)CC12. The summed E-state index contributed by atoms with van der Waals surface area (Å²) >= 11 is 0. The van der Waals surface area contributed by atoms with Crippen molar-refractivity contribution in [2.75, 3.05) is 0 Å². The first-order chi connectivity index (χ1) is 13.0. The van der Waals surface area contributed by atoms with Crippen molar-refractivity contribution in [3.05, 3.63) is 11.4 Å². The summed E-state index contributed by atoms with van der Waals surface area (Å²) < 4.78 is 64.3. The summed E-state index contributed by atoms with van der Waals surface area (Å²) in [6.07, 6.45) is 1.21. The monoisotopic (exact) mass is 434 g/mol. The maximum absolute atomic E-state index is 12.8. The molecule has 4 aliphatic rings. The number of carbonyl (C=O) groups is 2. The molecule has 4 N–H and O–H groups in total. The number of nitrogens with one attached hydrogen (secondary N) is 2. The topological polar surface area (TPSA) is 167 Å². The van der Waals surface area contributed by atoms with Gasteiger partial charge < -0.3 is 10.6 Å². The molecule has 0 radical (unpaired) electrons. The standard InChI is InChI=1S/C16H22N2O8S2/c19-15-9-5-7(27(21,22)23)1-3-11(9)17-13(15)14-16(20)10-6-8(28(24,25)26)2-4-12(10)18-14/h7-12,17-18H,1-6H2,(H,21,22,23)(H,24,25,26)/b14-13-. The van der Waals surface area contributed by atoms with E-state index in [1.54, 1.807) is 0 Å². The largest absolute Gasteiger partial charge is 0.377 e. The molecule has 2 aliphatic heterocycles. The Hall–Kier alpha value is -1.50. The number of fused-ring (bicyclic) bond motifs is 2. The van der Waals surface area contributed by atoms with Gasteiger partial charge in [-0.15, -0.1) is 0 Å². The van der Waals surface area contributed by atoms with Crippen LogP contribution in [-0.4, -0.2) is 60.1 Å². The van der Waals surface area contributed by atoms with Crippen molar-refractivity contribution in [1.29, 1.82) is 0 Å². The predicted octanol–water partition coefficient (Wildman–Crippen LogP) is -0.607. The summed E-state index contributed by atoms with van der Waals surface area (Å²) in [5, 5.41) is 4.10. The molecule has 0 aromatic carbocycles. The molecule has 6 atom stereocenters. The Morgan fingerprint density at radius 2 is 1.04 bits per heavy atom. The molecule has 156 valence electrons. The zero-order chi connectivity index (χ0) is 20.4. The van der Waals surface area contributed by atoms with E-state index in [1.165, 1.54) is 0 Å². The van der Waals surface area contributed by atoms with E-state index in [4.69, 9.17) is 0 Å². The highest BCUT2D eigenvalue weighted by molar-refractivity contribution is 7.86. The van der Waals surface area contributed by atoms with Gasteiger partial charge in [-0.05, 0) is 38.5 Å². The van der Waals surface area contributed by atoms with Gasteiger partial charge in [0.1, 0.15) is 11.4 Å². The summed E-state index contributed by atoms with van der Waals surface area (Å²) in [7, 11) is -8.46. The normalized spacial score (nSPS) is 41.2. The average molecular weight is 434 g/mol. The van der Waals surface area contributed by atoms with Crippen LogP contribution in [0.2, 0.25) is 0 Å². The summed E-state index contributed by atoms with van der Waals surface area (Å²) in [4.78, 5) is 25.7. The fourth-order valence-electron chi connectivity index (χ4n) is 5.00. The van der Waals surface area contributed by atoms with Gasteiger partial charge in [-0.1, -0.05) is 0 Å². The molecule has 12 heteroatoms. The van der Waals surface area contributed by atoms with E-state index in [-0.39, 0.29) is 60.7 Å². The Bertz CT molecular complexity index is 893. The van der Waals surface area contributed by atoms with Gasteiger partial charge in [0.25, 0.3) is 20.2 Å². The fraction of sp³-hybridized carbons (Fsp3) is 0.750. The molecule has 0 amide bonds. The van der Waals surface area contributed by atoms with Crippen molar-refractivity contribution in [3.8, 4) is 0 Å². The van der Waals surface area contributed by atoms with Crippen molar-refractivity contribution in [1.82, 2.24) is 10.6 Å². The minimum absolute atomic E-state index is 0.00199. The van der Waals surface area contributed by atoms with E-state index in [2.05, 4.69) is 10.6 Å². The summed E-state index contributed by atoms with van der Waals surface area (Å²) in [5.74, 6) is -1.99. The number of carbonyl (C=O) groups excluding carboxylic acids is 2. The van der Waals surface area contributed by atoms with Crippen LogP contribution in [0.1, 0.15) is 38.5 Å². The molecule has 28 heavy (non-hydrogen) atoms. The molecule has 0 bridgehead atoms. The van der Waals surface area contributed by atoms with Gasteiger partial charge in [0.05, 0.1) is 10.5 Å². The number of hydrogen-bond acceptors (Lipinski definition) is 8. The van der Waals surface area contributed by atoms with Gasteiger partial charge in [0.15, 0.2) is 11.6 Å². The van der Waals surface area contributed by atoms with Gasteiger partial charge in [0, 0.05) is 23.9 Å². The third kappa shape index (κ3) is 3.25. The van der Waals surface area contributed by atoms with Crippen molar-refractivity contribution in [3.63, 3.8) is 0 Å². The Balaban J connectivity index is 1.58. The van der Waals surface area contributed by atoms with E-state index in [0.29, 0.717) is 12.8 Å². The number of Topliss-reactive ketones (excluding diaryl/α,β-unsaturated/α-hetero) is 2. The lowest BCUT2D eigenvalue weighted by Crippen LogP contribution is -2.39. The van der Waals surface area contributed by atoms with Crippen LogP contribution in [0.25, 0.3) is 0 Å². The first-order valence-electron chi connectivity index (χ1n) is 9.25. The van der Waals surface area contributed by atoms with E-state index in [1.807, 2.05) is 0 Å². The molecule has 0 aromatic heterocycles. The van der Waals surface area contributed by atoms with Crippen LogP contribution in [0.15, 0.2) is 11.4 Å². The molecule has 2 saturated carbocycles. The fourth-order valence-corrected chi connectivity index (χ4v) is 6.77. The second-order valence-electron chi connectivity index (χ2n) is 8.09. The molecule has 0 aromatic rings. The van der Waals surface area contributed by atoms with Crippen molar-refractivity contribution in [2.45, 2.75) is 61.1 Å². The first-order valence-corrected chi connectivity index (χ1v) is 12.3. The highest BCUT2D eigenvalue weighted by atomic mass is 32.2. The van der Waals surface area contributed by atoms with E-state index in [0.717, 1.165) is 0 Å². The summed E-state index contributed by atoms with van der Waals surface area (Å²) in [6.45, 7) is 0. The van der Waals surface area contributed by atoms with Crippen molar-refractivity contribution in [2.24, 2.45) is 11.8 Å². The molecule has 0 spiro atoms. The van der Waals surface area contributed by atoms with Gasteiger partial charge in [-0.25, -0.2) is 0 Å². The Morgan fingerprint density at radius 1 is 0.679 bits per heavy atom. The number of allylic oxidation sites excluding steroid dienone is 2. The van der Waals surface area contributed by atoms with Crippen molar-refractivity contribution >= 4 is 31.8 Å². The third-order valence-electron chi connectivity index (χ3n) is 6.52. The zero-order valence-corrected chi connectivity index (χ0v) is 16.5. The van der Waals surface area contributed by atoms with Crippen LogP contribution in [0.4, 0.5) is 0 Å². The summed E-state index contributed by atoms with van der Waals surface area (Å²) in [5.41, 5.74) is 0.239. The van der Waals surface area contributed by atoms with Crippen LogP contribution in [-0.2, 0) is 29.8 Å². The highest BCUT2D eigenvalue weighted by Crippen LogP contribution is 2.40. The molecule has 6 unspecified atom stereocenters. The third-order valence-corrected chi connectivity index (χ3v) is 9.06. The van der Waals surface area contributed by atoms with E-state index < -0.39 is 42.6 Å². The van der Waals surface area contributed by atoms with Crippen LogP contribution >= 0.6 is 0 Å². The lowest BCUT2D eigenvalue weighted by atomic mass is 9.83. The second-order valence-corrected chi connectivity index (χ2v) is 11.5. The van der Waals surface area contributed by atoms with Crippen molar-refractivity contribution < 1.29 is 35.5 Å². The molecular formula is C16H22N2O8S2. The van der Waals surface area contributed by atoms with E-state index >= 15 is 0 Å². The van der Waals surface area contributed by atoms with Crippen LogP contribution in [0.3, 0.4) is 0 Å². The van der Waals surface area contributed by atoms with Gasteiger partial charge >= 0.3 is 0 Å². The molecule has 4 rings (SSSR count). The molecular weight excluding hydrogens is 412 g/mol. The van der Waals surface area contributed by atoms with Crippen LogP contribution in [0.5, 0.6) is 0 Å². The smallest absolute Gasteiger partial charge is 0.267 e. The quantitative estimate of drug-likeness (QED) is 0.325. The van der Waals surface area contributed by atoms with Gasteiger partial charge in [-0.2, -0.15) is 16.8 Å². The molecule has 2 saturated heterocycles. The minimum atomic E-state index is -4.23. The molecule has 10 nitrogen and oxygen atoms in total. The number of hydrogen-bond donors (Lipinski definition) is 4. The van der Waals surface area contributed by atoms with E-state index in [9.17, 15) is 35.5 Å². The maximum Gasteiger partial charge on any atom is 0.267 e. The molecule has 4 fully saturated rings. The number of rotatable bonds is 2. The first kappa shape index (κ1) is 19.8. The van der Waals surface area contributed by atoms with Gasteiger partial charge in [0.2, 0.25) is 0 Å². The van der Waals surface area contributed by atoms with Crippen LogP contribution < -0.4 is 10.6 Å². The molecule has 2 heterocycles.